The number of hydrogen-bond donors (Lipinski definition) is 2. The molecule has 1 unspecified atom stereocenters. The summed E-state index contributed by atoms with van der Waals surface area (Å²) in [5.74, 6) is -0.276. The van der Waals surface area contributed by atoms with Gasteiger partial charge in [0.1, 0.15) is 17.3 Å². The Morgan fingerprint density at radius 1 is 1.16 bits per heavy atom. The normalized spacial score (nSPS) is 16.9. The van der Waals surface area contributed by atoms with Crippen LogP contribution >= 0.6 is 11.3 Å². The Morgan fingerprint density at radius 3 is 2.73 bits per heavy atom. The van der Waals surface area contributed by atoms with Gasteiger partial charge in [0, 0.05) is 36.3 Å². The first kappa shape index (κ1) is 23.3. The van der Waals surface area contributed by atoms with Crippen LogP contribution in [0.4, 0.5) is 0 Å². The second kappa shape index (κ2) is 9.75. The molecule has 2 N–H and O–H groups in total. The van der Waals surface area contributed by atoms with E-state index in [0.717, 1.165) is 23.3 Å². The van der Waals surface area contributed by atoms with E-state index in [-0.39, 0.29) is 23.7 Å². The molecule has 1 aliphatic carbocycles. The van der Waals surface area contributed by atoms with E-state index < -0.39 is 6.04 Å². The van der Waals surface area contributed by atoms with Crippen LogP contribution in [-0.2, 0) is 4.79 Å². The maximum Gasteiger partial charge on any atom is 0.255 e. The Hall–Kier alpha value is -4.10. The average Bonchev–Trinajstić information content (AvgIpc) is 3.45. The van der Waals surface area contributed by atoms with Crippen LogP contribution in [0.3, 0.4) is 0 Å². The lowest BCUT2D eigenvalue weighted by molar-refractivity contribution is -0.135. The van der Waals surface area contributed by atoms with Gasteiger partial charge in [-0.05, 0) is 60.7 Å². The lowest BCUT2D eigenvalue weighted by Gasteiger charge is -2.32. The van der Waals surface area contributed by atoms with E-state index in [9.17, 15) is 9.59 Å². The van der Waals surface area contributed by atoms with Gasteiger partial charge >= 0.3 is 0 Å². The minimum absolute atomic E-state index is 0.00231. The molecule has 2 aliphatic rings. The molecule has 10 heteroatoms. The number of thiophene rings is 1. The molecule has 2 fully saturated rings. The van der Waals surface area contributed by atoms with Crippen molar-refractivity contribution in [1.29, 1.82) is 5.26 Å². The summed E-state index contributed by atoms with van der Waals surface area (Å²) >= 11 is 1.65. The highest BCUT2D eigenvalue weighted by Crippen LogP contribution is 2.34. The molecule has 186 valence electrons. The number of aromatic amines is 1. The zero-order chi connectivity index (χ0) is 25.4. The van der Waals surface area contributed by atoms with Gasteiger partial charge in [-0.3, -0.25) is 14.6 Å². The summed E-state index contributed by atoms with van der Waals surface area (Å²) in [6.07, 6.45) is 8.15. The topological polar surface area (TPSA) is 128 Å². The first-order valence-corrected chi connectivity index (χ1v) is 13.3. The number of likely N-dealkylation sites (tertiary alicyclic amines) is 1. The van der Waals surface area contributed by atoms with Crippen LogP contribution in [0.2, 0.25) is 0 Å². The minimum atomic E-state index is -0.573. The smallest absolute Gasteiger partial charge is 0.255 e. The minimum Gasteiger partial charge on any atom is -0.344 e. The highest BCUT2D eigenvalue weighted by Gasteiger charge is 2.40. The number of fused-ring (bicyclic) bond motifs is 1. The van der Waals surface area contributed by atoms with E-state index in [0.29, 0.717) is 54.0 Å². The molecule has 0 bridgehead atoms. The number of carbonyl (C=O) groups excluding carboxylic acids is 2. The Morgan fingerprint density at radius 2 is 2.00 bits per heavy atom. The maximum atomic E-state index is 13.4. The molecule has 1 saturated carbocycles. The molecule has 6 rings (SSSR count). The van der Waals surface area contributed by atoms with Crippen molar-refractivity contribution in [3.8, 4) is 27.9 Å². The number of piperidine rings is 1. The van der Waals surface area contributed by atoms with Crippen molar-refractivity contribution in [3.63, 3.8) is 0 Å². The van der Waals surface area contributed by atoms with Gasteiger partial charge < -0.3 is 15.2 Å². The van der Waals surface area contributed by atoms with Crippen molar-refractivity contribution in [2.24, 2.45) is 11.8 Å². The summed E-state index contributed by atoms with van der Waals surface area (Å²) in [4.78, 5) is 46.3. The maximum absolute atomic E-state index is 13.4. The van der Waals surface area contributed by atoms with Crippen molar-refractivity contribution in [2.45, 2.75) is 31.7 Å². The quantitative estimate of drug-likeness (QED) is 0.402. The number of nitrogens with zero attached hydrogens (tertiary/aromatic N) is 5. The molecule has 1 atom stereocenters. The Labute approximate surface area is 217 Å². The summed E-state index contributed by atoms with van der Waals surface area (Å²) in [6, 6.07) is 9.69. The van der Waals surface area contributed by atoms with Crippen LogP contribution in [0.5, 0.6) is 0 Å². The van der Waals surface area contributed by atoms with Crippen molar-refractivity contribution in [3.05, 3.63) is 53.8 Å². The van der Waals surface area contributed by atoms with Gasteiger partial charge in [0.05, 0.1) is 23.5 Å². The standard InChI is InChI=1S/C27H25N7O2S/c28-13-16-6-9-34(10-7-16)27(36)23(17-3-4-17)33-26(35)19-14-30-25-24(19)32-21(15-31-25)20-12-18(5-8-29-20)22-2-1-11-37-22/h1-2,5,8,11-12,14-17,23H,3-4,6-7,9-10H2,(H,30,31)(H,33,35). The van der Waals surface area contributed by atoms with E-state index in [1.54, 1.807) is 34.8 Å². The molecule has 0 aromatic carbocycles. The van der Waals surface area contributed by atoms with Crippen LogP contribution in [-0.4, -0.2) is 55.8 Å². The Bertz CT molecular complexity index is 1490. The predicted octanol–water partition coefficient (Wildman–Crippen LogP) is 4.02. The number of rotatable bonds is 6. The number of pyridine rings is 1. The number of nitrogens with one attached hydrogen (secondary N) is 2. The van der Waals surface area contributed by atoms with Gasteiger partial charge in [0.15, 0.2) is 5.65 Å². The largest absolute Gasteiger partial charge is 0.344 e. The summed E-state index contributed by atoms with van der Waals surface area (Å²) < 4.78 is 0. The molecule has 1 saturated heterocycles. The molecule has 0 spiro atoms. The summed E-state index contributed by atoms with van der Waals surface area (Å²) in [5.41, 5.74) is 3.56. The highest BCUT2D eigenvalue weighted by molar-refractivity contribution is 7.13. The lowest BCUT2D eigenvalue weighted by atomic mass is 9.97. The third-order valence-corrected chi connectivity index (χ3v) is 8.01. The van der Waals surface area contributed by atoms with E-state index in [2.05, 4.69) is 32.4 Å². The third-order valence-electron chi connectivity index (χ3n) is 7.09. The molecule has 4 aromatic rings. The summed E-state index contributed by atoms with van der Waals surface area (Å²) in [5, 5.41) is 14.2. The van der Waals surface area contributed by atoms with Gasteiger partial charge in [-0.1, -0.05) is 6.07 Å². The van der Waals surface area contributed by atoms with Gasteiger partial charge in [-0.2, -0.15) is 5.26 Å². The molecule has 1 aliphatic heterocycles. The monoisotopic (exact) mass is 511 g/mol. The van der Waals surface area contributed by atoms with Crippen molar-refractivity contribution in [1.82, 2.24) is 30.2 Å². The third kappa shape index (κ3) is 4.70. The second-order valence-corrected chi connectivity index (χ2v) is 10.5. The van der Waals surface area contributed by atoms with E-state index in [1.807, 2.05) is 23.6 Å². The molecule has 4 aromatic heterocycles. The zero-order valence-corrected chi connectivity index (χ0v) is 20.9. The van der Waals surface area contributed by atoms with Gasteiger partial charge in [-0.25, -0.2) is 9.97 Å². The number of carbonyl (C=O) groups is 2. The lowest BCUT2D eigenvalue weighted by Crippen LogP contribution is -2.51. The molecule has 2 amide bonds. The first-order chi connectivity index (χ1) is 18.1. The van der Waals surface area contributed by atoms with Gasteiger partial charge in [0.25, 0.3) is 5.91 Å². The highest BCUT2D eigenvalue weighted by atomic mass is 32.1. The number of amides is 2. The average molecular weight is 512 g/mol. The Kier molecular flexibility index (Phi) is 6.14. The fraction of sp³-hybridized carbons (Fsp3) is 0.333. The number of hydrogen-bond acceptors (Lipinski definition) is 7. The summed E-state index contributed by atoms with van der Waals surface area (Å²) in [6.45, 7) is 1.10. The number of nitriles is 1. The zero-order valence-electron chi connectivity index (χ0n) is 20.1. The predicted molar refractivity (Wildman–Crippen MR) is 139 cm³/mol. The van der Waals surface area contributed by atoms with E-state index in [1.165, 1.54) is 0 Å². The molecular formula is C27H25N7O2S. The van der Waals surface area contributed by atoms with Crippen molar-refractivity contribution >= 4 is 34.3 Å². The van der Waals surface area contributed by atoms with Crippen LogP contribution in [0, 0.1) is 23.2 Å². The fourth-order valence-electron chi connectivity index (χ4n) is 4.81. The first-order valence-electron chi connectivity index (χ1n) is 12.4. The van der Waals surface area contributed by atoms with E-state index in [4.69, 9.17) is 10.2 Å². The molecular weight excluding hydrogens is 486 g/mol. The van der Waals surface area contributed by atoms with Crippen LogP contribution in [0.15, 0.2) is 48.2 Å². The molecule has 5 heterocycles. The fourth-order valence-corrected chi connectivity index (χ4v) is 5.53. The molecule has 9 nitrogen and oxygen atoms in total. The molecule has 0 radical (unpaired) electrons. The van der Waals surface area contributed by atoms with Crippen LogP contribution in [0.1, 0.15) is 36.0 Å². The second-order valence-electron chi connectivity index (χ2n) is 9.58. The van der Waals surface area contributed by atoms with Crippen LogP contribution < -0.4 is 5.32 Å². The molecule has 37 heavy (non-hydrogen) atoms. The van der Waals surface area contributed by atoms with Gasteiger partial charge in [0.2, 0.25) is 5.91 Å². The van der Waals surface area contributed by atoms with Gasteiger partial charge in [-0.15, -0.1) is 11.3 Å². The Balaban J connectivity index is 1.24. The number of aromatic nitrogens is 4. The number of H-pyrrole nitrogens is 1. The summed E-state index contributed by atoms with van der Waals surface area (Å²) in [7, 11) is 0. The van der Waals surface area contributed by atoms with Crippen LogP contribution in [0.25, 0.3) is 33.0 Å². The van der Waals surface area contributed by atoms with Crippen molar-refractivity contribution < 1.29 is 9.59 Å². The SMILES string of the molecule is N#CC1CCN(C(=O)C(NC(=O)c2c[nH]c3ncc(-c4cc(-c5cccs5)ccn4)nc23)C2CC2)CC1. The van der Waals surface area contributed by atoms with E-state index >= 15 is 0 Å². The van der Waals surface area contributed by atoms with Crippen molar-refractivity contribution in [2.75, 3.05) is 13.1 Å².